The van der Waals surface area contributed by atoms with Crippen molar-refractivity contribution in [2.45, 2.75) is 19.4 Å². The van der Waals surface area contributed by atoms with Gasteiger partial charge >= 0.3 is 6.09 Å². The van der Waals surface area contributed by atoms with Crippen LogP contribution in [0.1, 0.15) is 13.8 Å². The highest BCUT2D eigenvalue weighted by Crippen LogP contribution is 2.23. The summed E-state index contributed by atoms with van der Waals surface area (Å²) in [5.74, 6) is -0.421. The molecule has 0 atom stereocenters. The van der Waals surface area contributed by atoms with E-state index in [9.17, 15) is 9.59 Å². The summed E-state index contributed by atoms with van der Waals surface area (Å²) in [4.78, 5) is 27.2. The van der Waals surface area contributed by atoms with Gasteiger partial charge in [-0.1, -0.05) is 0 Å². The number of carbonyl (C=O) groups is 2. The van der Waals surface area contributed by atoms with Crippen LogP contribution in [0.4, 0.5) is 4.79 Å². The van der Waals surface area contributed by atoms with Gasteiger partial charge in [0.15, 0.2) is 0 Å². The van der Waals surface area contributed by atoms with Crippen LogP contribution in [0, 0.1) is 0 Å². The van der Waals surface area contributed by atoms with Gasteiger partial charge in [-0.05, 0) is 26.1 Å². The number of ether oxygens (including phenoxy) is 1. The van der Waals surface area contributed by atoms with Crippen molar-refractivity contribution in [2.75, 3.05) is 13.2 Å². The van der Waals surface area contributed by atoms with Gasteiger partial charge in [-0.15, -0.1) is 0 Å². The van der Waals surface area contributed by atoms with Crippen LogP contribution in [0.2, 0.25) is 0 Å². The Labute approximate surface area is 86.7 Å². The average Bonchev–Trinajstić information content (AvgIpc) is 2.37. The quantitative estimate of drug-likeness (QED) is 0.505. The van der Waals surface area contributed by atoms with Gasteiger partial charge in [0.2, 0.25) is 0 Å². The Balaban J connectivity index is 2.79. The van der Waals surface area contributed by atoms with Crippen molar-refractivity contribution in [1.82, 2.24) is 4.90 Å². The lowest BCUT2D eigenvalue weighted by atomic mass is 10.1. The molecule has 0 radical (unpaired) electrons. The average molecular weight is 214 g/mol. The first kappa shape index (κ1) is 10.8. The zero-order valence-corrected chi connectivity index (χ0v) is 8.76. The van der Waals surface area contributed by atoms with E-state index in [4.69, 9.17) is 4.74 Å². The summed E-state index contributed by atoms with van der Waals surface area (Å²) >= 11 is 4.33. The van der Waals surface area contributed by atoms with Crippen molar-refractivity contribution in [3.05, 3.63) is 0 Å². The minimum atomic E-state index is -0.625. The van der Waals surface area contributed by atoms with E-state index < -0.39 is 17.5 Å². The lowest BCUT2D eigenvalue weighted by molar-refractivity contribution is -0.129. The molecule has 0 aliphatic carbocycles. The summed E-state index contributed by atoms with van der Waals surface area (Å²) < 4.78 is 4.76. The summed E-state index contributed by atoms with van der Waals surface area (Å²) in [7, 11) is 0. The van der Waals surface area contributed by atoms with E-state index in [1.165, 1.54) is 0 Å². The molecule has 5 nitrogen and oxygen atoms in total. The Morgan fingerprint density at radius 1 is 1.79 bits per heavy atom. The Hall–Kier alpha value is -1.26. The predicted octanol–water partition coefficient (Wildman–Crippen LogP) is 0.847. The molecule has 1 rings (SSSR count). The molecule has 0 aromatic carbocycles. The van der Waals surface area contributed by atoms with Crippen LogP contribution in [0.15, 0.2) is 4.99 Å². The fourth-order valence-electron chi connectivity index (χ4n) is 1.22. The molecule has 1 fully saturated rings. The number of hydrogen-bond donors (Lipinski definition) is 0. The van der Waals surface area contributed by atoms with Gasteiger partial charge < -0.3 is 4.74 Å². The minimum absolute atomic E-state index is 0.165. The summed E-state index contributed by atoms with van der Waals surface area (Å²) in [6.45, 7) is 3.54. The lowest BCUT2D eigenvalue weighted by Crippen LogP contribution is -2.47. The van der Waals surface area contributed by atoms with E-state index in [1.807, 2.05) is 0 Å². The predicted molar refractivity (Wildman–Crippen MR) is 52.2 cm³/mol. The number of hydrogen-bond acceptors (Lipinski definition) is 5. The Morgan fingerprint density at radius 2 is 2.43 bits per heavy atom. The number of nitrogens with zero attached hydrogens (tertiary/aromatic N) is 2. The molecular formula is C8H10N2O3S. The highest BCUT2D eigenvalue weighted by Gasteiger charge is 2.43. The van der Waals surface area contributed by atoms with Crippen LogP contribution in [0.25, 0.3) is 0 Å². The lowest BCUT2D eigenvalue weighted by Gasteiger charge is -2.24. The van der Waals surface area contributed by atoms with Gasteiger partial charge in [0.05, 0.1) is 10.7 Å². The molecule has 2 amide bonds. The summed E-state index contributed by atoms with van der Waals surface area (Å²) in [6.07, 6.45) is -0.625. The molecule has 1 saturated heterocycles. The van der Waals surface area contributed by atoms with Crippen LogP contribution in [0.3, 0.4) is 0 Å². The second-order valence-corrected chi connectivity index (χ2v) is 3.69. The zero-order valence-electron chi connectivity index (χ0n) is 7.94. The van der Waals surface area contributed by atoms with Crippen molar-refractivity contribution < 1.29 is 14.3 Å². The zero-order chi connectivity index (χ0) is 10.8. The smallest absolute Gasteiger partial charge is 0.417 e. The fraction of sp³-hybridized carbons (Fsp3) is 0.625. The topological polar surface area (TPSA) is 59.0 Å². The van der Waals surface area contributed by atoms with Crippen LogP contribution in [-0.2, 0) is 9.53 Å². The molecule has 0 bridgehead atoms. The Morgan fingerprint density at radius 3 is 2.86 bits per heavy atom. The number of carbonyl (C=O) groups excluding carboxylic acids is 2. The SMILES string of the molecule is CC1(C)COC(=O)N1C(=O)CN=C=S. The van der Waals surface area contributed by atoms with Gasteiger partial charge in [0, 0.05) is 0 Å². The first-order valence-electron chi connectivity index (χ1n) is 4.02. The Kier molecular flexibility index (Phi) is 2.98. The largest absolute Gasteiger partial charge is 0.447 e. The third kappa shape index (κ3) is 1.97. The van der Waals surface area contributed by atoms with Gasteiger partial charge in [-0.25, -0.2) is 14.7 Å². The first-order valence-corrected chi connectivity index (χ1v) is 4.43. The molecule has 76 valence electrons. The van der Waals surface area contributed by atoms with Crippen LogP contribution in [0.5, 0.6) is 0 Å². The van der Waals surface area contributed by atoms with E-state index in [-0.39, 0.29) is 13.2 Å². The molecule has 14 heavy (non-hydrogen) atoms. The number of rotatable bonds is 2. The second-order valence-electron chi connectivity index (χ2n) is 3.50. The molecule has 0 aromatic rings. The van der Waals surface area contributed by atoms with Crippen LogP contribution >= 0.6 is 12.2 Å². The van der Waals surface area contributed by atoms with Crippen molar-refractivity contribution in [3.63, 3.8) is 0 Å². The minimum Gasteiger partial charge on any atom is -0.447 e. The van der Waals surface area contributed by atoms with E-state index in [0.29, 0.717) is 0 Å². The normalized spacial score (nSPS) is 18.7. The molecule has 0 saturated carbocycles. The van der Waals surface area contributed by atoms with Gasteiger partial charge in [0.1, 0.15) is 13.2 Å². The number of imide groups is 1. The van der Waals surface area contributed by atoms with Crippen molar-refractivity contribution in [3.8, 4) is 0 Å². The summed E-state index contributed by atoms with van der Waals surface area (Å²) in [5.41, 5.74) is -0.606. The molecule has 0 N–H and O–H groups in total. The van der Waals surface area contributed by atoms with E-state index in [1.54, 1.807) is 13.8 Å². The molecule has 0 unspecified atom stereocenters. The summed E-state index contributed by atoms with van der Waals surface area (Å²) in [6, 6.07) is 0. The number of cyclic esters (lactones) is 1. The molecule has 0 spiro atoms. The maximum atomic E-state index is 11.5. The molecular weight excluding hydrogens is 204 g/mol. The van der Waals surface area contributed by atoms with Gasteiger partial charge in [0.25, 0.3) is 5.91 Å². The van der Waals surface area contributed by atoms with Crippen LogP contribution in [-0.4, -0.2) is 40.8 Å². The van der Waals surface area contributed by atoms with E-state index >= 15 is 0 Å². The Bertz CT molecular complexity index is 321. The maximum absolute atomic E-state index is 11.5. The third-order valence-electron chi connectivity index (χ3n) is 1.87. The highest BCUT2D eigenvalue weighted by atomic mass is 32.1. The van der Waals surface area contributed by atoms with Crippen molar-refractivity contribution >= 4 is 29.4 Å². The van der Waals surface area contributed by atoms with E-state index in [0.717, 1.165) is 4.90 Å². The molecule has 0 aromatic heterocycles. The molecule has 1 aliphatic rings. The van der Waals surface area contributed by atoms with Gasteiger partial charge in [-0.3, -0.25) is 4.79 Å². The van der Waals surface area contributed by atoms with E-state index in [2.05, 4.69) is 22.4 Å². The van der Waals surface area contributed by atoms with Crippen LogP contribution < -0.4 is 0 Å². The van der Waals surface area contributed by atoms with Gasteiger partial charge in [-0.2, -0.15) is 0 Å². The maximum Gasteiger partial charge on any atom is 0.417 e. The number of isothiocyanates is 1. The second kappa shape index (κ2) is 3.86. The number of thiocarbonyl (C=S) groups is 1. The standard InChI is InChI=1S/C8H10N2O3S/c1-8(2)4-13-7(12)10(8)6(11)3-9-5-14/h3-4H2,1-2H3. The first-order chi connectivity index (χ1) is 6.49. The highest BCUT2D eigenvalue weighted by molar-refractivity contribution is 7.78. The number of amides is 2. The molecule has 6 heteroatoms. The third-order valence-corrected chi connectivity index (χ3v) is 1.99. The fourth-order valence-corrected chi connectivity index (χ4v) is 1.29. The number of aliphatic imine (C=N–C) groups is 1. The van der Waals surface area contributed by atoms with Crippen molar-refractivity contribution in [1.29, 1.82) is 0 Å². The molecule has 1 aliphatic heterocycles. The van der Waals surface area contributed by atoms with Crippen molar-refractivity contribution in [2.24, 2.45) is 4.99 Å². The summed E-state index contributed by atoms with van der Waals surface area (Å²) in [5, 5.41) is 2.07. The molecule has 1 heterocycles. The monoisotopic (exact) mass is 214 g/mol.